The molecular formula is C13H11N3O4S. The highest BCUT2D eigenvalue weighted by Gasteiger charge is 2.11. The van der Waals surface area contributed by atoms with Gasteiger partial charge in [-0.25, -0.2) is 4.98 Å². The van der Waals surface area contributed by atoms with Crippen molar-refractivity contribution in [3.05, 3.63) is 36.0 Å². The lowest BCUT2D eigenvalue weighted by atomic mass is 10.3. The quantitative estimate of drug-likeness (QED) is 0.524. The molecule has 3 aromatic rings. The first kappa shape index (κ1) is 13.6. The Kier molecular flexibility index (Phi) is 3.87. The molecule has 0 atom stereocenters. The number of hydrogen-bond acceptors (Lipinski definition) is 8. The van der Waals surface area contributed by atoms with Gasteiger partial charge in [-0.15, -0.1) is 10.2 Å². The van der Waals surface area contributed by atoms with Gasteiger partial charge in [0.15, 0.2) is 12.2 Å². The molecule has 0 fully saturated rings. The number of ether oxygens (including phenoxy) is 1. The van der Waals surface area contributed by atoms with Crippen LogP contribution in [0.5, 0.6) is 0 Å². The molecule has 0 saturated carbocycles. The summed E-state index contributed by atoms with van der Waals surface area (Å²) in [4.78, 5) is 15.9. The Morgan fingerprint density at radius 1 is 1.29 bits per heavy atom. The Hall–Kier alpha value is -2.35. The van der Waals surface area contributed by atoms with E-state index in [0.717, 1.165) is 5.52 Å². The zero-order valence-corrected chi connectivity index (χ0v) is 11.9. The van der Waals surface area contributed by atoms with Crippen LogP contribution in [0.3, 0.4) is 0 Å². The van der Waals surface area contributed by atoms with Gasteiger partial charge in [-0.1, -0.05) is 23.9 Å². The SMILES string of the molecule is Cc1nnc(COC(=O)CSc2nc3ccccc3o2)o1. The minimum absolute atomic E-state index is 0.0339. The highest BCUT2D eigenvalue weighted by Crippen LogP contribution is 2.23. The maximum absolute atomic E-state index is 11.6. The molecule has 0 aliphatic heterocycles. The van der Waals surface area contributed by atoms with E-state index >= 15 is 0 Å². The van der Waals surface area contributed by atoms with Crippen LogP contribution in [0.4, 0.5) is 0 Å². The molecular weight excluding hydrogens is 294 g/mol. The van der Waals surface area contributed by atoms with Crippen molar-refractivity contribution < 1.29 is 18.4 Å². The lowest BCUT2D eigenvalue weighted by molar-refractivity contribution is -0.142. The van der Waals surface area contributed by atoms with Crippen LogP contribution in [0.15, 0.2) is 38.3 Å². The number of esters is 1. The number of fused-ring (bicyclic) bond motifs is 1. The van der Waals surface area contributed by atoms with Crippen LogP contribution >= 0.6 is 11.8 Å². The summed E-state index contributed by atoms with van der Waals surface area (Å²) in [5.74, 6) is 0.396. The van der Waals surface area contributed by atoms with Crippen LogP contribution in [0.25, 0.3) is 11.1 Å². The van der Waals surface area contributed by atoms with Crippen LogP contribution in [0.1, 0.15) is 11.8 Å². The number of carbonyl (C=O) groups is 1. The minimum Gasteiger partial charge on any atom is -0.455 e. The van der Waals surface area contributed by atoms with Gasteiger partial charge in [-0.3, -0.25) is 4.79 Å². The zero-order chi connectivity index (χ0) is 14.7. The standard InChI is InChI=1S/C13H11N3O4S/c1-8-15-16-11(19-8)6-18-12(17)7-21-13-14-9-4-2-3-5-10(9)20-13/h2-5H,6-7H2,1H3. The zero-order valence-electron chi connectivity index (χ0n) is 11.1. The first-order chi connectivity index (χ1) is 10.2. The monoisotopic (exact) mass is 305 g/mol. The smallest absolute Gasteiger partial charge is 0.316 e. The summed E-state index contributed by atoms with van der Waals surface area (Å²) in [5, 5.41) is 7.81. The molecule has 0 saturated heterocycles. The van der Waals surface area contributed by atoms with Gasteiger partial charge >= 0.3 is 5.97 Å². The molecule has 0 aliphatic carbocycles. The van der Waals surface area contributed by atoms with Crippen molar-refractivity contribution in [1.82, 2.24) is 15.2 Å². The summed E-state index contributed by atoms with van der Waals surface area (Å²) < 4.78 is 15.6. The van der Waals surface area contributed by atoms with Crippen LogP contribution in [0, 0.1) is 6.92 Å². The molecule has 108 valence electrons. The predicted molar refractivity (Wildman–Crippen MR) is 73.6 cm³/mol. The van der Waals surface area contributed by atoms with E-state index in [1.807, 2.05) is 24.3 Å². The highest BCUT2D eigenvalue weighted by atomic mass is 32.2. The lowest BCUT2D eigenvalue weighted by Gasteiger charge is -1.99. The second-order valence-corrected chi connectivity index (χ2v) is 5.04. The molecule has 0 amide bonds. The lowest BCUT2D eigenvalue weighted by Crippen LogP contribution is -2.07. The number of thioether (sulfide) groups is 1. The first-order valence-corrected chi connectivity index (χ1v) is 7.12. The number of hydrogen-bond donors (Lipinski definition) is 0. The van der Waals surface area contributed by atoms with Crippen molar-refractivity contribution >= 4 is 28.8 Å². The minimum atomic E-state index is -0.405. The second kappa shape index (κ2) is 5.96. The fraction of sp³-hybridized carbons (Fsp3) is 0.231. The molecule has 0 N–H and O–H groups in total. The fourth-order valence-corrected chi connectivity index (χ4v) is 2.25. The van der Waals surface area contributed by atoms with Gasteiger partial charge in [0.2, 0.25) is 5.89 Å². The number of para-hydroxylation sites is 2. The third kappa shape index (κ3) is 3.40. The van der Waals surface area contributed by atoms with Crippen LogP contribution in [-0.4, -0.2) is 26.9 Å². The van der Waals surface area contributed by atoms with E-state index in [1.54, 1.807) is 6.92 Å². The largest absolute Gasteiger partial charge is 0.455 e. The number of aromatic nitrogens is 3. The summed E-state index contributed by atoms with van der Waals surface area (Å²) in [7, 11) is 0. The maximum atomic E-state index is 11.6. The van der Waals surface area contributed by atoms with Gasteiger partial charge in [0.1, 0.15) is 11.3 Å². The Bertz CT molecular complexity index is 734. The molecule has 0 unspecified atom stereocenters. The Morgan fingerprint density at radius 3 is 2.90 bits per heavy atom. The molecule has 7 nitrogen and oxygen atoms in total. The van der Waals surface area contributed by atoms with E-state index in [0.29, 0.717) is 16.7 Å². The summed E-state index contributed by atoms with van der Waals surface area (Å²) in [6.07, 6.45) is 0. The molecule has 2 aromatic heterocycles. The van der Waals surface area contributed by atoms with E-state index in [1.165, 1.54) is 11.8 Å². The Labute approximate surface area is 123 Å². The number of aryl methyl sites for hydroxylation is 1. The van der Waals surface area contributed by atoms with Crippen molar-refractivity contribution in [3.63, 3.8) is 0 Å². The molecule has 0 bridgehead atoms. The van der Waals surface area contributed by atoms with Gasteiger partial charge in [-0.2, -0.15) is 0 Å². The third-order valence-electron chi connectivity index (χ3n) is 2.51. The Balaban J connectivity index is 1.51. The third-order valence-corrected chi connectivity index (χ3v) is 3.31. The molecule has 0 aliphatic rings. The van der Waals surface area contributed by atoms with Crippen LogP contribution in [0.2, 0.25) is 0 Å². The van der Waals surface area contributed by atoms with Crippen LogP contribution in [-0.2, 0) is 16.1 Å². The summed E-state index contributed by atoms with van der Waals surface area (Å²) in [6.45, 7) is 1.63. The van der Waals surface area contributed by atoms with E-state index in [-0.39, 0.29) is 18.3 Å². The average molecular weight is 305 g/mol. The predicted octanol–water partition coefficient (Wildman–Crippen LogP) is 2.35. The van der Waals surface area contributed by atoms with Gasteiger partial charge < -0.3 is 13.6 Å². The van der Waals surface area contributed by atoms with E-state index in [2.05, 4.69) is 15.2 Å². The molecule has 21 heavy (non-hydrogen) atoms. The summed E-state index contributed by atoms with van der Waals surface area (Å²) in [6, 6.07) is 7.41. The summed E-state index contributed by atoms with van der Waals surface area (Å²) >= 11 is 1.18. The van der Waals surface area contributed by atoms with Gasteiger partial charge in [0.25, 0.3) is 11.1 Å². The summed E-state index contributed by atoms with van der Waals surface area (Å²) in [5.41, 5.74) is 1.45. The molecule has 8 heteroatoms. The van der Waals surface area contributed by atoms with Crippen molar-refractivity contribution in [2.75, 3.05) is 5.75 Å². The van der Waals surface area contributed by atoms with Crippen molar-refractivity contribution in [3.8, 4) is 0 Å². The number of oxazole rings is 1. The van der Waals surface area contributed by atoms with Crippen LogP contribution < -0.4 is 0 Å². The number of carbonyl (C=O) groups excluding carboxylic acids is 1. The van der Waals surface area contributed by atoms with Crippen molar-refractivity contribution in [1.29, 1.82) is 0 Å². The molecule has 2 heterocycles. The van der Waals surface area contributed by atoms with Gasteiger partial charge in [0.05, 0.1) is 0 Å². The average Bonchev–Trinajstić information content (AvgIpc) is 3.08. The maximum Gasteiger partial charge on any atom is 0.316 e. The molecule has 3 rings (SSSR count). The Morgan fingerprint density at radius 2 is 2.14 bits per heavy atom. The van der Waals surface area contributed by atoms with Gasteiger partial charge in [0, 0.05) is 6.92 Å². The molecule has 0 spiro atoms. The topological polar surface area (TPSA) is 91.2 Å². The first-order valence-electron chi connectivity index (χ1n) is 6.14. The highest BCUT2D eigenvalue weighted by molar-refractivity contribution is 7.99. The number of rotatable bonds is 5. The van der Waals surface area contributed by atoms with Crippen molar-refractivity contribution in [2.24, 2.45) is 0 Å². The molecule has 1 aromatic carbocycles. The number of benzene rings is 1. The molecule has 0 radical (unpaired) electrons. The second-order valence-electron chi connectivity index (χ2n) is 4.11. The van der Waals surface area contributed by atoms with E-state index in [4.69, 9.17) is 13.6 Å². The fourth-order valence-electron chi connectivity index (χ4n) is 1.61. The van der Waals surface area contributed by atoms with Gasteiger partial charge in [-0.05, 0) is 12.1 Å². The van der Waals surface area contributed by atoms with Crippen molar-refractivity contribution in [2.45, 2.75) is 18.8 Å². The number of nitrogens with zero attached hydrogens (tertiary/aromatic N) is 3. The van der Waals surface area contributed by atoms with E-state index < -0.39 is 5.97 Å². The van der Waals surface area contributed by atoms with E-state index in [9.17, 15) is 4.79 Å². The normalized spacial score (nSPS) is 10.9.